The first-order valence-corrected chi connectivity index (χ1v) is 10.5. The summed E-state index contributed by atoms with van der Waals surface area (Å²) in [5.74, 6) is -0.855. The lowest BCUT2D eigenvalue weighted by molar-refractivity contribution is -0.137. The topological polar surface area (TPSA) is 97.5 Å². The zero-order valence-electron chi connectivity index (χ0n) is 17.3. The molecule has 1 aliphatic rings. The van der Waals surface area contributed by atoms with Crippen molar-refractivity contribution in [2.75, 3.05) is 20.3 Å². The Morgan fingerprint density at radius 3 is 2.69 bits per heavy atom. The lowest BCUT2D eigenvalue weighted by atomic mass is 9.99. The summed E-state index contributed by atoms with van der Waals surface area (Å²) in [7, 11) is 1.68. The van der Waals surface area contributed by atoms with Crippen LogP contribution in [0.5, 0.6) is 0 Å². The first-order valence-electron chi connectivity index (χ1n) is 9.67. The maximum atomic E-state index is 13.0. The SMILES string of the molecule is COCC1(CC(=O)N(CCc2cn(-c3ccsc3C(=O)O)nn2)C(C)(C)C)CC1. The first-order chi connectivity index (χ1) is 13.6. The molecule has 1 amide bonds. The van der Waals surface area contributed by atoms with Gasteiger partial charge in [-0.25, -0.2) is 9.48 Å². The van der Waals surface area contributed by atoms with Crippen molar-refractivity contribution in [1.82, 2.24) is 19.9 Å². The van der Waals surface area contributed by atoms with Gasteiger partial charge in [0, 0.05) is 37.5 Å². The lowest BCUT2D eigenvalue weighted by Gasteiger charge is -2.36. The molecule has 2 aromatic rings. The molecule has 0 radical (unpaired) electrons. The minimum atomic E-state index is -0.985. The van der Waals surface area contributed by atoms with Crippen molar-refractivity contribution in [2.24, 2.45) is 5.41 Å². The number of thiophene rings is 1. The molecule has 8 nitrogen and oxygen atoms in total. The van der Waals surface area contributed by atoms with Crippen LogP contribution < -0.4 is 0 Å². The van der Waals surface area contributed by atoms with E-state index in [1.807, 2.05) is 25.7 Å². The molecule has 3 rings (SSSR count). The molecular weight excluding hydrogens is 392 g/mol. The third-order valence-electron chi connectivity index (χ3n) is 5.26. The van der Waals surface area contributed by atoms with Gasteiger partial charge in [-0.3, -0.25) is 4.79 Å². The first kappa shape index (κ1) is 21.4. The van der Waals surface area contributed by atoms with Gasteiger partial charge in [0.1, 0.15) is 4.88 Å². The monoisotopic (exact) mass is 420 g/mol. The quantitative estimate of drug-likeness (QED) is 0.670. The summed E-state index contributed by atoms with van der Waals surface area (Å²) in [4.78, 5) is 26.5. The summed E-state index contributed by atoms with van der Waals surface area (Å²) >= 11 is 1.15. The molecule has 2 aromatic heterocycles. The van der Waals surface area contributed by atoms with E-state index in [1.54, 1.807) is 24.8 Å². The summed E-state index contributed by atoms with van der Waals surface area (Å²) in [6.45, 7) is 7.24. The summed E-state index contributed by atoms with van der Waals surface area (Å²) in [5.41, 5.74) is 0.915. The molecule has 158 valence electrons. The Morgan fingerprint density at radius 1 is 1.38 bits per heavy atom. The second-order valence-electron chi connectivity index (χ2n) is 8.67. The van der Waals surface area contributed by atoms with E-state index in [0.29, 0.717) is 37.4 Å². The standard InChI is InChI=1S/C20H28N4O4S/c1-19(2,3)23(16(25)11-20(7-8-20)13-28-4)9-5-14-12-24(22-21-14)15-6-10-29-17(15)18(26)27/h6,10,12H,5,7-9,11,13H2,1-4H3,(H,26,27). The second-order valence-corrected chi connectivity index (χ2v) is 9.59. The highest BCUT2D eigenvalue weighted by Crippen LogP contribution is 2.49. The van der Waals surface area contributed by atoms with Crippen LogP contribution in [0.3, 0.4) is 0 Å². The highest BCUT2D eigenvalue weighted by molar-refractivity contribution is 7.12. The Hall–Kier alpha value is -2.26. The molecule has 0 atom stereocenters. The van der Waals surface area contributed by atoms with Crippen LogP contribution in [0.2, 0.25) is 0 Å². The number of ether oxygens (including phenoxy) is 1. The molecule has 1 aliphatic carbocycles. The molecular formula is C20H28N4O4S. The van der Waals surface area contributed by atoms with Crippen molar-refractivity contribution in [1.29, 1.82) is 0 Å². The zero-order chi connectivity index (χ0) is 21.2. The zero-order valence-corrected chi connectivity index (χ0v) is 18.2. The van der Waals surface area contributed by atoms with Crippen molar-refractivity contribution in [3.8, 4) is 5.69 Å². The highest BCUT2D eigenvalue weighted by atomic mass is 32.1. The largest absolute Gasteiger partial charge is 0.477 e. The fraction of sp³-hybridized carbons (Fsp3) is 0.600. The van der Waals surface area contributed by atoms with Gasteiger partial charge in [-0.2, -0.15) is 0 Å². The number of nitrogens with zero attached hydrogens (tertiary/aromatic N) is 4. The Morgan fingerprint density at radius 2 is 2.10 bits per heavy atom. The average molecular weight is 421 g/mol. The predicted molar refractivity (Wildman–Crippen MR) is 110 cm³/mol. The molecule has 0 saturated heterocycles. The number of methoxy groups -OCH3 is 1. The van der Waals surface area contributed by atoms with Gasteiger partial charge >= 0.3 is 5.97 Å². The molecule has 0 aliphatic heterocycles. The number of aromatic carboxylic acids is 1. The molecule has 1 N–H and O–H groups in total. The van der Waals surface area contributed by atoms with Gasteiger partial charge in [0.15, 0.2) is 0 Å². The Kier molecular flexibility index (Phi) is 6.09. The smallest absolute Gasteiger partial charge is 0.348 e. The van der Waals surface area contributed by atoms with Crippen molar-refractivity contribution in [3.63, 3.8) is 0 Å². The van der Waals surface area contributed by atoms with E-state index in [9.17, 15) is 14.7 Å². The molecule has 9 heteroatoms. The third-order valence-corrected chi connectivity index (χ3v) is 6.15. The molecule has 0 bridgehead atoms. The minimum absolute atomic E-state index is 0.00461. The van der Waals surface area contributed by atoms with Gasteiger partial charge in [-0.1, -0.05) is 5.21 Å². The van der Waals surface area contributed by atoms with Crippen LogP contribution in [0.4, 0.5) is 0 Å². The predicted octanol–water partition coefficient (Wildman–Crippen LogP) is 3.01. The molecule has 2 heterocycles. The van der Waals surface area contributed by atoms with Gasteiger partial charge in [-0.05, 0) is 45.1 Å². The van der Waals surface area contributed by atoms with Crippen LogP contribution in [0.25, 0.3) is 5.69 Å². The lowest BCUT2D eigenvalue weighted by Crippen LogP contribution is -2.47. The van der Waals surface area contributed by atoms with E-state index in [4.69, 9.17) is 4.74 Å². The normalized spacial score (nSPS) is 15.3. The maximum Gasteiger partial charge on any atom is 0.348 e. The van der Waals surface area contributed by atoms with Gasteiger partial charge in [0.2, 0.25) is 5.91 Å². The molecule has 1 saturated carbocycles. The van der Waals surface area contributed by atoms with Crippen molar-refractivity contribution < 1.29 is 19.4 Å². The summed E-state index contributed by atoms with van der Waals surface area (Å²) < 4.78 is 6.78. The molecule has 0 unspecified atom stereocenters. The molecule has 0 aromatic carbocycles. The fourth-order valence-electron chi connectivity index (χ4n) is 3.51. The van der Waals surface area contributed by atoms with E-state index in [1.165, 1.54) is 4.68 Å². The Labute approximate surface area is 174 Å². The van der Waals surface area contributed by atoms with E-state index < -0.39 is 5.97 Å². The van der Waals surface area contributed by atoms with E-state index in [-0.39, 0.29) is 21.7 Å². The van der Waals surface area contributed by atoms with Crippen molar-refractivity contribution in [2.45, 2.75) is 52.0 Å². The number of hydrogen-bond acceptors (Lipinski definition) is 6. The Bertz CT molecular complexity index is 879. The number of amides is 1. The van der Waals surface area contributed by atoms with Crippen LogP contribution in [0.1, 0.15) is 55.4 Å². The summed E-state index contributed by atoms with van der Waals surface area (Å²) in [6, 6.07) is 1.71. The van der Waals surface area contributed by atoms with Crippen LogP contribution in [-0.4, -0.2) is 62.7 Å². The molecule has 1 fully saturated rings. The number of aromatic nitrogens is 3. The number of carboxylic acids is 1. The summed E-state index contributed by atoms with van der Waals surface area (Å²) in [5, 5.41) is 19.2. The molecule has 29 heavy (non-hydrogen) atoms. The van der Waals surface area contributed by atoms with Gasteiger partial charge in [0.05, 0.1) is 24.2 Å². The number of rotatable bonds is 9. The van der Waals surface area contributed by atoms with Gasteiger partial charge in [0.25, 0.3) is 0 Å². The highest BCUT2D eigenvalue weighted by Gasteiger charge is 2.46. The summed E-state index contributed by atoms with van der Waals surface area (Å²) in [6.07, 6.45) is 4.85. The van der Waals surface area contributed by atoms with Crippen LogP contribution in [0, 0.1) is 5.41 Å². The second kappa shape index (κ2) is 8.23. The Balaban J connectivity index is 1.67. The van der Waals surface area contributed by atoms with Gasteiger partial charge in [-0.15, -0.1) is 16.4 Å². The number of carbonyl (C=O) groups excluding carboxylic acids is 1. The van der Waals surface area contributed by atoms with Crippen molar-refractivity contribution >= 4 is 23.2 Å². The van der Waals surface area contributed by atoms with Crippen LogP contribution in [-0.2, 0) is 16.0 Å². The molecule has 0 spiro atoms. The fourth-order valence-corrected chi connectivity index (χ4v) is 4.22. The van der Waals surface area contributed by atoms with Crippen LogP contribution in [0.15, 0.2) is 17.6 Å². The maximum absolute atomic E-state index is 13.0. The number of carbonyl (C=O) groups is 2. The number of hydrogen-bond donors (Lipinski definition) is 1. The minimum Gasteiger partial charge on any atom is -0.477 e. The van der Waals surface area contributed by atoms with Gasteiger partial charge < -0.3 is 14.7 Å². The van der Waals surface area contributed by atoms with E-state index in [0.717, 1.165) is 24.2 Å². The number of carboxylic acid groups (broad SMARTS) is 1. The third kappa shape index (κ3) is 5.02. The van der Waals surface area contributed by atoms with Crippen LogP contribution >= 0.6 is 11.3 Å². The average Bonchev–Trinajstić information content (AvgIpc) is 3.04. The van der Waals surface area contributed by atoms with E-state index in [2.05, 4.69) is 10.3 Å². The van der Waals surface area contributed by atoms with Crippen molar-refractivity contribution in [3.05, 3.63) is 28.2 Å². The van der Waals surface area contributed by atoms with E-state index >= 15 is 0 Å².